The Hall–Kier alpha value is -4.01. The summed E-state index contributed by atoms with van der Waals surface area (Å²) in [4.78, 5) is 33.8. The topological polar surface area (TPSA) is 112 Å². The zero-order valence-corrected chi connectivity index (χ0v) is 25.8. The van der Waals surface area contributed by atoms with E-state index < -0.39 is 0 Å². The van der Waals surface area contributed by atoms with Crippen LogP contribution in [0.5, 0.6) is 0 Å². The van der Waals surface area contributed by atoms with E-state index in [0.717, 1.165) is 19.3 Å². The number of hydrogen-bond donors (Lipinski definition) is 4. The van der Waals surface area contributed by atoms with Crippen LogP contribution in [0.2, 0.25) is 0 Å². The van der Waals surface area contributed by atoms with E-state index >= 15 is 0 Å². The summed E-state index contributed by atoms with van der Waals surface area (Å²) >= 11 is 0. The molecule has 1 fully saturated rings. The lowest BCUT2D eigenvalue weighted by Crippen LogP contribution is -2.52. The molecule has 2 heterocycles. The summed E-state index contributed by atoms with van der Waals surface area (Å²) in [5, 5.41) is 10.2. The number of hydrogen-bond acceptors (Lipinski definition) is 5. The smallest absolute Gasteiger partial charge is 0.239 e. The molecule has 0 bridgehead atoms. The molecule has 0 aromatic heterocycles. The van der Waals surface area contributed by atoms with Gasteiger partial charge in [0.1, 0.15) is 0 Å². The Morgan fingerprint density at radius 2 is 1.66 bits per heavy atom. The summed E-state index contributed by atoms with van der Waals surface area (Å²) in [6.45, 7) is 4.96. The van der Waals surface area contributed by atoms with E-state index in [1.807, 2.05) is 36.1 Å². The first-order chi connectivity index (χ1) is 21.5. The van der Waals surface area contributed by atoms with Crippen molar-refractivity contribution in [1.82, 2.24) is 20.9 Å². The van der Waals surface area contributed by atoms with Gasteiger partial charge in [-0.3, -0.25) is 14.6 Å². The standard InChI is InChI=1S/C36H46N6O2/c1-2-34(37)38-20-11-18-32-36(44)42(25-31(26-12-5-3-6-13-26)27-14-7-4-8-15-27)21-19-30(41-32)24-40-35(43)33-22-28-16-9-10-17-29(28)23-39-33/h3-10,12-17,30-33,39,41H,2,11,18-25H2,1H3,(H2,37,38)(H,40,43)/t30-,32-,33+/m0/s1. The van der Waals surface area contributed by atoms with Gasteiger partial charge >= 0.3 is 0 Å². The van der Waals surface area contributed by atoms with E-state index in [0.29, 0.717) is 51.4 Å². The zero-order valence-electron chi connectivity index (χ0n) is 25.8. The van der Waals surface area contributed by atoms with Gasteiger partial charge in [0.25, 0.3) is 0 Å². The van der Waals surface area contributed by atoms with Gasteiger partial charge in [-0.1, -0.05) is 91.9 Å². The molecule has 5 N–H and O–H groups in total. The average Bonchev–Trinajstić information content (AvgIpc) is 3.22. The van der Waals surface area contributed by atoms with Crippen LogP contribution < -0.4 is 21.7 Å². The molecule has 0 saturated carbocycles. The number of benzene rings is 3. The quantitative estimate of drug-likeness (QED) is 0.145. The first-order valence-electron chi connectivity index (χ1n) is 16.0. The molecule has 0 unspecified atom stereocenters. The van der Waals surface area contributed by atoms with Gasteiger partial charge in [0.15, 0.2) is 0 Å². The van der Waals surface area contributed by atoms with E-state index in [1.54, 1.807) is 0 Å². The van der Waals surface area contributed by atoms with Crippen LogP contribution in [0.4, 0.5) is 0 Å². The molecule has 8 heteroatoms. The monoisotopic (exact) mass is 594 g/mol. The van der Waals surface area contributed by atoms with Gasteiger partial charge in [-0.2, -0.15) is 0 Å². The highest BCUT2D eigenvalue weighted by molar-refractivity contribution is 5.83. The van der Waals surface area contributed by atoms with Gasteiger partial charge in [-0.25, -0.2) is 0 Å². The van der Waals surface area contributed by atoms with Crippen molar-refractivity contribution in [2.45, 2.75) is 69.6 Å². The van der Waals surface area contributed by atoms with Crippen molar-refractivity contribution in [3.8, 4) is 0 Å². The molecule has 3 aromatic rings. The molecular formula is C36H46N6O2. The maximum Gasteiger partial charge on any atom is 0.239 e. The Morgan fingerprint density at radius 1 is 1.00 bits per heavy atom. The predicted molar refractivity (Wildman–Crippen MR) is 176 cm³/mol. The third-order valence-electron chi connectivity index (χ3n) is 8.85. The minimum atomic E-state index is -0.357. The number of carbonyl (C=O) groups is 2. The van der Waals surface area contributed by atoms with E-state index in [-0.39, 0.29) is 35.9 Å². The second-order valence-corrected chi connectivity index (χ2v) is 11.9. The molecule has 0 aliphatic carbocycles. The Labute approximate surface area is 261 Å². The van der Waals surface area contributed by atoms with Crippen LogP contribution in [0.15, 0.2) is 89.9 Å². The summed E-state index contributed by atoms with van der Waals surface area (Å²) in [6.07, 6.45) is 3.56. The maximum absolute atomic E-state index is 14.1. The number of carbonyl (C=O) groups excluding carboxylic acids is 2. The SMILES string of the molecule is CCC(N)=NCCC[C@@H]1N[C@H](CNC(=O)[C@H]2Cc3ccccc3CN2)CCN(CC(c2ccccc2)c2ccccc2)C1=O. The van der Waals surface area contributed by atoms with Crippen LogP contribution in [-0.2, 0) is 22.6 Å². The lowest BCUT2D eigenvalue weighted by molar-refractivity contribution is -0.133. The number of amides is 2. The Kier molecular flexibility index (Phi) is 11.2. The van der Waals surface area contributed by atoms with Gasteiger partial charge < -0.3 is 26.6 Å². The fourth-order valence-corrected chi connectivity index (χ4v) is 6.24. The Morgan fingerprint density at radius 3 is 2.34 bits per heavy atom. The second kappa shape index (κ2) is 15.6. The number of amidine groups is 1. The van der Waals surface area contributed by atoms with E-state index in [2.05, 4.69) is 81.6 Å². The number of nitrogens with two attached hydrogens (primary N) is 1. The molecule has 2 aliphatic heterocycles. The van der Waals surface area contributed by atoms with Gasteiger partial charge in [0, 0.05) is 51.1 Å². The first kappa shape index (κ1) is 31.4. The van der Waals surface area contributed by atoms with Crippen LogP contribution in [0, 0.1) is 0 Å². The van der Waals surface area contributed by atoms with Crippen LogP contribution in [-0.4, -0.2) is 66.9 Å². The highest BCUT2D eigenvalue weighted by Crippen LogP contribution is 2.27. The number of nitrogens with one attached hydrogen (secondary N) is 3. The first-order valence-corrected chi connectivity index (χ1v) is 16.0. The molecule has 232 valence electrons. The number of rotatable bonds is 12. The molecule has 0 spiro atoms. The molecule has 8 nitrogen and oxygen atoms in total. The van der Waals surface area contributed by atoms with Gasteiger partial charge in [-0.15, -0.1) is 0 Å². The fourth-order valence-electron chi connectivity index (χ4n) is 6.24. The molecule has 2 amide bonds. The van der Waals surface area contributed by atoms with Crippen molar-refractivity contribution < 1.29 is 9.59 Å². The molecule has 0 radical (unpaired) electrons. The molecule has 3 atom stereocenters. The number of nitrogens with zero attached hydrogens (tertiary/aromatic N) is 2. The summed E-state index contributed by atoms with van der Waals surface area (Å²) in [5.74, 6) is 0.809. The summed E-state index contributed by atoms with van der Waals surface area (Å²) in [7, 11) is 0. The van der Waals surface area contributed by atoms with Crippen LogP contribution in [0.1, 0.15) is 60.8 Å². The lowest BCUT2D eigenvalue weighted by atomic mass is 9.90. The summed E-state index contributed by atoms with van der Waals surface area (Å²) in [5.41, 5.74) is 10.8. The highest BCUT2D eigenvalue weighted by atomic mass is 16.2. The molecule has 1 saturated heterocycles. The second-order valence-electron chi connectivity index (χ2n) is 11.9. The molecule has 44 heavy (non-hydrogen) atoms. The minimum Gasteiger partial charge on any atom is -0.387 e. The van der Waals surface area contributed by atoms with Crippen LogP contribution in [0.25, 0.3) is 0 Å². The number of aliphatic imine (C=N–C) groups is 1. The summed E-state index contributed by atoms with van der Waals surface area (Å²) < 4.78 is 0. The maximum atomic E-state index is 14.1. The van der Waals surface area contributed by atoms with Crippen molar-refractivity contribution in [3.63, 3.8) is 0 Å². The Bertz CT molecular complexity index is 1360. The van der Waals surface area contributed by atoms with Crippen molar-refractivity contribution in [2.75, 3.05) is 26.2 Å². The van der Waals surface area contributed by atoms with Crippen molar-refractivity contribution in [3.05, 3.63) is 107 Å². The van der Waals surface area contributed by atoms with Gasteiger partial charge in [-0.05, 0) is 47.9 Å². The molecular weight excluding hydrogens is 548 g/mol. The van der Waals surface area contributed by atoms with E-state index in [1.165, 1.54) is 22.3 Å². The fraction of sp³-hybridized carbons (Fsp3) is 0.417. The lowest BCUT2D eigenvalue weighted by Gasteiger charge is -2.29. The molecule has 2 aliphatic rings. The molecule has 3 aromatic carbocycles. The van der Waals surface area contributed by atoms with Crippen LogP contribution in [0.3, 0.4) is 0 Å². The van der Waals surface area contributed by atoms with Crippen molar-refractivity contribution in [1.29, 1.82) is 0 Å². The average molecular weight is 595 g/mol. The Balaban J connectivity index is 1.28. The predicted octanol–water partition coefficient (Wildman–Crippen LogP) is 3.76. The normalized spacial score (nSPS) is 20.7. The van der Waals surface area contributed by atoms with E-state index in [4.69, 9.17) is 5.73 Å². The zero-order chi connectivity index (χ0) is 30.7. The van der Waals surface area contributed by atoms with Gasteiger partial charge in [0.05, 0.1) is 17.9 Å². The largest absolute Gasteiger partial charge is 0.387 e. The van der Waals surface area contributed by atoms with Gasteiger partial charge in [0.2, 0.25) is 11.8 Å². The van der Waals surface area contributed by atoms with Crippen molar-refractivity contribution in [2.24, 2.45) is 10.7 Å². The third-order valence-corrected chi connectivity index (χ3v) is 8.85. The third kappa shape index (κ3) is 8.33. The highest BCUT2D eigenvalue weighted by Gasteiger charge is 2.33. The molecule has 5 rings (SSSR count). The minimum absolute atomic E-state index is 0.00267. The number of fused-ring (bicyclic) bond motifs is 1. The van der Waals surface area contributed by atoms with Crippen molar-refractivity contribution >= 4 is 17.6 Å². The summed E-state index contributed by atoms with van der Waals surface area (Å²) in [6, 6.07) is 28.5. The van der Waals surface area contributed by atoms with Crippen LogP contribution >= 0.6 is 0 Å². The van der Waals surface area contributed by atoms with E-state index in [9.17, 15) is 9.59 Å².